The van der Waals surface area contributed by atoms with E-state index in [9.17, 15) is 13.2 Å². The predicted octanol–water partition coefficient (Wildman–Crippen LogP) is 3.48. The van der Waals surface area contributed by atoms with E-state index < -0.39 is 12.8 Å². The highest BCUT2D eigenvalue weighted by molar-refractivity contribution is 5.80. The Bertz CT molecular complexity index is 873. The van der Waals surface area contributed by atoms with Gasteiger partial charge in [0.25, 0.3) is 0 Å². The fourth-order valence-corrected chi connectivity index (χ4v) is 3.32. The number of guanidine groups is 1. The molecule has 1 aromatic carbocycles. The molecule has 1 aliphatic rings. The van der Waals surface area contributed by atoms with Crippen molar-refractivity contribution in [3.8, 4) is 5.88 Å². The maximum Gasteiger partial charge on any atom is 0.422 e. The molecule has 30 heavy (non-hydrogen) atoms. The lowest BCUT2D eigenvalue weighted by atomic mass is 10.0. The summed E-state index contributed by atoms with van der Waals surface area (Å²) in [7, 11) is 1.67. The summed E-state index contributed by atoms with van der Waals surface area (Å²) in [5.74, 6) is 0.597. The summed E-state index contributed by atoms with van der Waals surface area (Å²) in [6.07, 6.45) is -3.10. The SMILES string of the molecule is CN=C(NCc1cccnc1OCC(F)(F)F)N1CCOC(c2ccccc2C)C1. The van der Waals surface area contributed by atoms with E-state index in [0.717, 1.165) is 11.1 Å². The molecule has 6 nitrogen and oxygen atoms in total. The van der Waals surface area contributed by atoms with Gasteiger partial charge in [-0.25, -0.2) is 4.98 Å². The molecule has 0 aliphatic carbocycles. The van der Waals surface area contributed by atoms with Gasteiger partial charge < -0.3 is 19.7 Å². The van der Waals surface area contributed by atoms with Gasteiger partial charge in [0, 0.05) is 31.9 Å². The summed E-state index contributed by atoms with van der Waals surface area (Å²) in [5.41, 5.74) is 2.81. The number of halogens is 3. The number of nitrogens with zero attached hydrogens (tertiary/aromatic N) is 3. The van der Waals surface area contributed by atoms with Crippen LogP contribution in [0.4, 0.5) is 13.2 Å². The molecule has 1 aromatic heterocycles. The van der Waals surface area contributed by atoms with Crippen LogP contribution in [0.15, 0.2) is 47.6 Å². The lowest BCUT2D eigenvalue weighted by Crippen LogP contribution is -2.48. The first-order valence-electron chi connectivity index (χ1n) is 9.63. The molecule has 2 heterocycles. The predicted molar refractivity (Wildman–Crippen MR) is 107 cm³/mol. The van der Waals surface area contributed by atoms with Crippen LogP contribution < -0.4 is 10.1 Å². The van der Waals surface area contributed by atoms with Gasteiger partial charge in [0.1, 0.15) is 6.10 Å². The van der Waals surface area contributed by atoms with Crippen LogP contribution in [0.2, 0.25) is 0 Å². The minimum absolute atomic E-state index is 0.0439. The number of benzene rings is 1. The molecule has 2 aromatic rings. The fraction of sp³-hybridized carbons (Fsp3) is 0.429. The number of aliphatic imine (C=N–C) groups is 1. The molecule has 0 bridgehead atoms. The first-order valence-corrected chi connectivity index (χ1v) is 9.63. The number of aromatic nitrogens is 1. The van der Waals surface area contributed by atoms with E-state index in [1.807, 2.05) is 12.1 Å². The molecule has 0 saturated carbocycles. The number of hydrogen-bond donors (Lipinski definition) is 1. The van der Waals surface area contributed by atoms with E-state index >= 15 is 0 Å². The number of rotatable bonds is 5. The minimum Gasteiger partial charge on any atom is -0.468 e. The average Bonchev–Trinajstić information content (AvgIpc) is 2.73. The van der Waals surface area contributed by atoms with Crippen LogP contribution in [-0.2, 0) is 11.3 Å². The summed E-state index contributed by atoms with van der Waals surface area (Å²) < 4.78 is 48.3. The zero-order chi connectivity index (χ0) is 21.6. The van der Waals surface area contributed by atoms with Gasteiger partial charge in [0.05, 0.1) is 13.2 Å². The molecule has 1 saturated heterocycles. The maximum absolute atomic E-state index is 12.5. The lowest BCUT2D eigenvalue weighted by molar-refractivity contribution is -0.154. The molecule has 1 N–H and O–H groups in total. The Morgan fingerprint density at radius 1 is 1.30 bits per heavy atom. The molecule has 162 valence electrons. The van der Waals surface area contributed by atoms with Crippen molar-refractivity contribution in [3.05, 3.63) is 59.3 Å². The third kappa shape index (κ3) is 5.85. The number of hydrogen-bond acceptors (Lipinski definition) is 4. The Kier molecular flexibility index (Phi) is 7.15. The normalized spacial score (nSPS) is 17.7. The second kappa shape index (κ2) is 9.80. The number of morpholine rings is 1. The molecule has 3 rings (SSSR count). The summed E-state index contributed by atoms with van der Waals surface area (Å²) in [6, 6.07) is 11.4. The molecular weight excluding hydrogens is 397 g/mol. The minimum atomic E-state index is -4.42. The Morgan fingerprint density at radius 2 is 2.10 bits per heavy atom. The van der Waals surface area contributed by atoms with Gasteiger partial charge >= 0.3 is 6.18 Å². The number of ether oxygens (including phenoxy) is 2. The van der Waals surface area contributed by atoms with E-state index in [4.69, 9.17) is 9.47 Å². The van der Waals surface area contributed by atoms with E-state index in [0.29, 0.717) is 31.2 Å². The molecule has 1 unspecified atom stereocenters. The first-order chi connectivity index (χ1) is 14.4. The van der Waals surface area contributed by atoms with Crippen molar-refractivity contribution < 1.29 is 22.6 Å². The molecule has 1 fully saturated rings. The van der Waals surface area contributed by atoms with E-state index in [2.05, 4.69) is 39.2 Å². The molecule has 1 aliphatic heterocycles. The van der Waals surface area contributed by atoms with Crippen molar-refractivity contribution in [2.24, 2.45) is 4.99 Å². The van der Waals surface area contributed by atoms with Crippen LogP contribution in [0.25, 0.3) is 0 Å². The topological polar surface area (TPSA) is 59.0 Å². The van der Waals surface area contributed by atoms with Crippen molar-refractivity contribution in [2.75, 3.05) is 33.4 Å². The third-order valence-corrected chi connectivity index (χ3v) is 4.77. The van der Waals surface area contributed by atoms with Crippen LogP contribution in [0.5, 0.6) is 5.88 Å². The highest BCUT2D eigenvalue weighted by atomic mass is 19.4. The Hall–Kier alpha value is -2.81. The summed E-state index contributed by atoms with van der Waals surface area (Å²) in [4.78, 5) is 10.3. The van der Waals surface area contributed by atoms with Gasteiger partial charge in [-0.1, -0.05) is 30.3 Å². The Labute approximate surface area is 173 Å². The number of pyridine rings is 1. The van der Waals surface area contributed by atoms with Crippen LogP contribution in [-0.4, -0.2) is 55.4 Å². The van der Waals surface area contributed by atoms with E-state index in [1.54, 1.807) is 19.2 Å². The highest BCUT2D eigenvalue weighted by Crippen LogP contribution is 2.25. The van der Waals surface area contributed by atoms with Crippen molar-refractivity contribution in [3.63, 3.8) is 0 Å². The average molecular weight is 422 g/mol. The summed E-state index contributed by atoms with van der Waals surface area (Å²) in [5, 5.41) is 3.20. The molecular formula is C21H25F3N4O2. The van der Waals surface area contributed by atoms with Gasteiger partial charge in [-0.2, -0.15) is 13.2 Å². The Balaban J connectivity index is 1.64. The lowest BCUT2D eigenvalue weighted by Gasteiger charge is -2.35. The molecule has 0 radical (unpaired) electrons. The second-order valence-corrected chi connectivity index (χ2v) is 6.93. The zero-order valence-electron chi connectivity index (χ0n) is 16.9. The van der Waals surface area contributed by atoms with Gasteiger partial charge in [0.15, 0.2) is 12.6 Å². The monoisotopic (exact) mass is 422 g/mol. The fourth-order valence-electron chi connectivity index (χ4n) is 3.32. The van der Waals surface area contributed by atoms with Crippen molar-refractivity contribution in [2.45, 2.75) is 25.7 Å². The quantitative estimate of drug-likeness (QED) is 0.591. The smallest absolute Gasteiger partial charge is 0.422 e. The van der Waals surface area contributed by atoms with Crippen molar-refractivity contribution >= 4 is 5.96 Å². The molecule has 1 atom stereocenters. The highest BCUT2D eigenvalue weighted by Gasteiger charge is 2.29. The summed E-state index contributed by atoms with van der Waals surface area (Å²) in [6.45, 7) is 2.73. The molecule has 0 spiro atoms. The van der Waals surface area contributed by atoms with Gasteiger partial charge in [-0.3, -0.25) is 4.99 Å². The summed E-state index contributed by atoms with van der Waals surface area (Å²) >= 11 is 0. The number of nitrogens with one attached hydrogen (secondary N) is 1. The van der Waals surface area contributed by atoms with Crippen molar-refractivity contribution in [1.82, 2.24) is 15.2 Å². The standard InChI is InChI=1S/C21H25F3N4O2/c1-15-6-3-4-8-17(15)18-13-28(10-11-29-18)20(25-2)27-12-16-7-5-9-26-19(16)30-14-21(22,23)24/h3-9,18H,10-14H2,1-2H3,(H,25,27). The van der Waals surface area contributed by atoms with Crippen LogP contribution in [0.3, 0.4) is 0 Å². The van der Waals surface area contributed by atoms with Crippen LogP contribution in [0, 0.1) is 6.92 Å². The number of alkyl halides is 3. The van der Waals surface area contributed by atoms with E-state index in [-0.39, 0.29) is 18.5 Å². The van der Waals surface area contributed by atoms with Gasteiger partial charge in [-0.15, -0.1) is 0 Å². The maximum atomic E-state index is 12.5. The van der Waals surface area contributed by atoms with Gasteiger partial charge in [0.2, 0.25) is 5.88 Å². The number of aryl methyl sites for hydroxylation is 1. The van der Waals surface area contributed by atoms with Gasteiger partial charge in [-0.05, 0) is 24.1 Å². The van der Waals surface area contributed by atoms with Crippen LogP contribution in [0.1, 0.15) is 22.8 Å². The molecule has 0 amide bonds. The Morgan fingerprint density at radius 3 is 2.83 bits per heavy atom. The van der Waals surface area contributed by atoms with Crippen LogP contribution >= 0.6 is 0 Å². The first kappa shape index (κ1) is 21.9. The second-order valence-electron chi connectivity index (χ2n) is 6.93. The zero-order valence-corrected chi connectivity index (χ0v) is 16.9. The molecule has 9 heteroatoms. The van der Waals surface area contributed by atoms with E-state index in [1.165, 1.54) is 6.20 Å². The van der Waals surface area contributed by atoms with Crippen molar-refractivity contribution in [1.29, 1.82) is 0 Å². The largest absolute Gasteiger partial charge is 0.468 e. The third-order valence-electron chi connectivity index (χ3n) is 4.77.